The number of anilines is 1. The van der Waals surface area contributed by atoms with E-state index in [9.17, 15) is 4.79 Å². The molecule has 0 aliphatic carbocycles. The minimum atomic E-state index is 0.0683. The van der Waals surface area contributed by atoms with Crippen molar-refractivity contribution in [2.45, 2.75) is 25.4 Å². The van der Waals surface area contributed by atoms with Crippen LogP contribution in [0.3, 0.4) is 0 Å². The molecule has 1 atom stereocenters. The first-order valence-corrected chi connectivity index (χ1v) is 14.4. The lowest BCUT2D eigenvalue weighted by Gasteiger charge is -2.33. The number of likely N-dealkylation sites (tertiary alicyclic amines) is 1. The standard InChI is InChI=1S/C33H34N4O4/c38-33(37-12-4-7-26(37)21-36-13-15-39-16-14-36)28-19-32(34-20-23-5-2-1-3-6-23)35-29-10-8-24(17-27(28)29)25-9-11-30-31(18-25)41-22-40-30/h1-3,5-6,8-11,17-19,26H,4,7,12-16,20-22H2,(H,34,35)/t26-/m0/s1. The third kappa shape index (κ3) is 5.45. The van der Waals surface area contributed by atoms with Crippen LogP contribution in [0.1, 0.15) is 28.8 Å². The van der Waals surface area contributed by atoms with Crippen molar-refractivity contribution in [2.24, 2.45) is 0 Å². The molecular formula is C33H34N4O4. The highest BCUT2D eigenvalue weighted by Gasteiger charge is 2.32. The van der Waals surface area contributed by atoms with Gasteiger partial charge in [-0.25, -0.2) is 4.98 Å². The molecule has 41 heavy (non-hydrogen) atoms. The van der Waals surface area contributed by atoms with Crippen LogP contribution in [0.25, 0.3) is 22.0 Å². The zero-order chi connectivity index (χ0) is 27.6. The maximum Gasteiger partial charge on any atom is 0.254 e. The van der Waals surface area contributed by atoms with Gasteiger partial charge in [-0.15, -0.1) is 0 Å². The summed E-state index contributed by atoms with van der Waals surface area (Å²) in [7, 11) is 0. The average Bonchev–Trinajstić information content (AvgIpc) is 3.69. The van der Waals surface area contributed by atoms with Gasteiger partial charge >= 0.3 is 0 Å². The Bertz CT molecular complexity index is 1550. The number of hydrogen-bond acceptors (Lipinski definition) is 7. The summed E-state index contributed by atoms with van der Waals surface area (Å²) < 4.78 is 16.7. The Morgan fingerprint density at radius 1 is 0.902 bits per heavy atom. The van der Waals surface area contributed by atoms with Crippen LogP contribution in [-0.2, 0) is 11.3 Å². The molecule has 4 heterocycles. The molecule has 0 unspecified atom stereocenters. The van der Waals surface area contributed by atoms with Crippen LogP contribution in [0.4, 0.5) is 5.82 Å². The van der Waals surface area contributed by atoms with E-state index in [1.165, 1.54) is 0 Å². The van der Waals surface area contributed by atoms with E-state index < -0.39 is 0 Å². The van der Waals surface area contributed by atoms with Crippen LogP contribution in [-0.4, -0.2) is 72.9 Å². The van der Waals surface area contributed by atoms with Crippen LogP contribution in [0, 0.1) is 0 Å². The van der Waals surface area contributed by atoms with E-state index in [4.69, 9.17) is 19.2 Å². The second-order valence-corrected chi connectivity index (χ2v) is 10.9. The number of carbonyl (C=O) groups is 1. The Kier molecular flexibility index (Phi) is 7.17. The number of aromatic nitrogens is 1. The third-order valence-electron chi connectivity index (χ3n) is 8.27. The Labute approximate surface area is 239 Å². The molecule has 0 bridgehead atoms. The van der Waals surface area contributed by atoms with Crippen molar-refractivity contribution in [1.29, 1.82) is 0 Å². The van der Waals surface area contributed by atoms with Gasteiger partial charge in [0.25, 0.3) is 5.91 Å². The van der Waals surface area contributed by atoms with Crippen molar-refractivity contribution in [3.8, 4) is 22.6 Å². The first-order chi connectivity index (χ1) is 20.2. The molecule has 1 amide bonds. The topological polar surface area (TPSA) is 76.2 Å². The summed E-state index contributed by atoms with van der Waals surface area (Å²) in [5.41, 5.74) is 4.64. The maximum atomic E-state index is 14.3. The van der Waals surface area contributed by atoms with Crippen LogP contribution in [0.2, 0.25) is 0 Å². The monoisotopic (exact) mass is 550 g/mol. The molecule has 0 spiro atoms. The van der Waals surface area contributed by atoms with Crippen molar-refractivity contribution < 1.29 is 19.0 Å². The lowest BCUT2D eigenvalue weighted by Crippen LogP contribution is -2.46. The summed E-state index contributed by atoms with van der Waals surface area (Å²) in [6, 6.07) is 24.5. The van der Waals surface area contributed by atoms with Gasteiger partial charge in [0.1, 0.15) is 5.82 Å². The molecule has 1 N–H and O–H groups in total. The predicted molar refractivity (Wildman–Crippen MR) is 158 cm³/mol. The van der Waals surface area contributed by atoms with E-state index in [0.717, 1.165) is 91.3 Å². The molecule has 4 aromatic rings. The van der Waals surface area contributed by atoms with Gasteiger partial charge in [0, 0.05) is 44.2 Å². The molecule has 8 nitrogen and oxygen atoms in total. The number of nitrogens with one attached hydrogen (secondary N) is 1. The maximum absolute atomic E-state index is 14.3. The zero-order valence-corrected chi connectivity index (χ0v) is 23.1. The van der Waals surface area contributed by atoms with E-state index >= 15 is 0 Å². The number of hydrogen-bond donors (Lipinski definition) is 1. The summed E-state index contributed by atoms with van der Waals surface area (Å²) in [5, 5.41) is 4.31. The van der Waals surface area contributed by atoms with Crippen molar-refractivity contribution >= 4 is 22.6 Å². The molecule has 1 aromatic heterocycles. The SMILES string of the molecule is O=C(c1cc(NCc2ccccc2)nc2ccc(-c3ccc4c(c3)OCO4)cc12)N1CCC[C@H]1CN1CCOCC1. The first-order valence-electron chi connectivity index (χ1n) is 14.4. The van der Waals surface area contributed by atoms with Crippen molar-refractivity contribution in [1.82, 2.24) is 14.8 Å². The Morgan fingerprint density at radius 3 is 2.59 bits per heavy atom. The van der Waals surface area contributed by atoms with E-state index in [1.807, 2.05) is 48.5 Å². The van der Waals surface area contributed by atoms with Gasteiger partial charge < -0.3 is 24.4 Å². The molecule has 3 aliphatic heterocycles. The fraction of sp³-hybridized carbons (Fsp3) is 0.333. The molecule has 8 heteroatoms. The van der Waals surface area contributed by atoms with E-state index in [1.54, 1.807) is 0 Å². The fourth-order valence-electron chi connectivity index (χ4n) is 6.07. The minimum Gasteiger partial charge on any atom is -0.454 e. The molecule has 0 radical (unpaired) electrons. The normalized spacial score (nSPS) is 18.6. The van der Waals surface area contributed by atoms with Crippen LogP contribution in [0.15, 0.2) is 72.8 Å². The Balaban J connectivity index is 1.24. The zero-order valence-electron chi connectivity index (χ0n) is 23.1. The van der Waals surface area contributed by atoms with Crippen molar-refractivity contribution in [3.63, 3.8) is 0 Å². The summed E-state index contributed by atoms with van der Waals surface area (Å²) in [6.07, 6.45) is 2.04. The number of morpholine rings is 1. The minimum absolute atomic E-state index is 0.0683. The second kappa shape index (κ2) is 11.4. The number of fused-ring (bicyclic) bond motifs is 2. The second-order valence-electron chi connectivity index (χ2n) is 10.9. The first kappa shape index (κ1) is 25.8. The summed E-state index contributed by atoms with van der Waals surface area (Å²) in [6.45, 7) is 5.88. The number of rotatable bonds is 7. The summed E-state index contributed by atoms with van der Waals surface area (Å²) >= 11 is 0. The average molecular weight is 551 g/mol. The Morgan fingerprint density at radius 2 is 1.71 bits per heavy atom. The number of nitrogens with zero attached hydrogens (tertiary/aromatic N) is 3. The van der Waals surface area contributed by atoms with Gasteiger partial charge in [0.15, 0.2) is 11.5 Å². The molecule has 7 rings (SSSR count). The molecule has 210 valence electrons. The smallest absolute Gasteiger partial charge is 0.254 e. The number of carbonyl (C=O) groups excluding carboxylic acids is 1. The van der Waals surface area contributed by atoms with Crippen molar-refractivity contribution in [2.75, 3.05) is 51.5 Å². The molecule has 2 fully saturated rings. The largest absolute Gasteiger partial charge is 0.454 e. The molecule has 3 aliphatic rings. The van der Waals surface area contributed by atoms with Gasteiger partial charge in [-0.3, -0.25) is 9.69 Å². The molecular weight excluding hydrogens is 516 g/mol. The van der Waals surface area contributed by atoms with Gasteiger partial charge in [0.2, 0.25) is 6.79 Å². The lowest BCUT2D eigenvalue weighted by atomic mass is 9.99. The molecule has 0 saturated carbocycles. The number of ether oxygens (including phenoxy) is 3. The Hall–Kier alpha value is -4.14. The van der Waals surface area contributed by atoms with Crippen molar-refractivity contribution in [3.05, 3.63) is 83.9 Å². The van der Waals surface area contributed by atoms with E-state index in [2.05, 4.69) is 39.4 Å². The number of pyridine rings is 1. The van der Waals surface area contributed by atoms with Gasteiger partial charge in [-0.1, -0.05) is 42.5 Å². The highest BCUT2D eigenvalue weighted by atomic mass is 16.7. The van der Waals surface area contributed by atoms with E-state index in [0.29, 0.717) is 17.9 Å². The third-order valence-corrected chi connectivity index (χ3v) is 8.27. The lowest BCUT2D eigenvalue weighted by molar-refractivity contribution is 0.0261. The fourth-order valence-corrected chi connectivity index (χ4v) is 6.07. The quantitative estimate of drug-likeness (QED) is 0.340. The van der Waals surface area contributed by atoms with Crippen LogP contribution >= 0.6 is 0 Å². The molecule has 3 aromatic carbocycles. The number of amides is 1. The highest BCUT2D eigenvalue weighted by molar-refractivity contribution is 6.08. The van der Waals surface area contributed by atoms with Crippen LogP contribution < -0.4 is 14.8 Å². The van der Waals surface area contributed by atoms with Crippen LogP contribution in [0.5, 0.6) is 11.5 Å². The van der Waals surface area contributed by atoms with Gasteiger partial charge in [-0.2, -0.15) is 0 Å². The summed E-state index contributed by atoms with van der Waals surface area (Å²) in [5.74, 6) is 2.25. The van der Waals surface area contributed by atoms with Gasteiger partial charge in [-0.05, 0) is 59.9 Å². The molecule has 2 saturated heterocycles. The highest BCUT2D eigenvalue weighted by Crippen LogP contribution is 2.37. The number of benzene rings is 3. The van der Waals surface area contributed by atoms with Gasteiger partial charge in [0.05, 0.1) is 24.3 Å². The predicted octanol–water partition coefficient (Wildman–Crippen LogP) is 5.18. The van der Waals surface area contributed by atoms with E-state index in [-0.39, 0.29) is 18.7 Å². The summed E-state index contributed by atoms with van der Waals surface area (Å²) in [4.78, 5) is 23.8.